The Hall–Kier alpha value is -3.50. The molecule has 8 nitrogen and oxygen atoms in total. The van der Waals surface area contributed by atoms with Gasteiger partial charge in [0.1, 0.15) is 17.7 Å². The van der Waals surface area contributed by atoms with Crippen LogP contribution in [-0.2, 0) is 23.0 Å². The number of aromatic nitrogens is 2. The van der Waals surface area contributed by atoms with Gasteiger partial charge in [0.05, 0.1) is 35.3 Å². The van der Waals surface area contributed by atoms with E-state index < -0.39 is 21.9 Å². The molecule has 0 saturated carbocycles. The van der Waals surface area contributed by atoms with E-state index >= 15 is 0 Å². The number of ether oxygens (including phenoxy) is 2. The van der Waals surface area contributed by atoms with Gasteiger partial charge in [-0.05, 0) is 74.9 Å². The van der Waals surface area contributed by atoms with Crippen molar-refractivity contribution in [3.63, 3.8) is 0 Å². The van der Waals surface area contributed by atoms with Crippen molar-refractivity contribution in [2.24, 2.45) is 0 Å². The van der Waals surface area contributed by atoms with E-state index in [0.717, 1.165) is 12.8 Å². The van der Waals surface area contributed by atoms with E-state index in [-0.39, 0.29) is 46.7 Å². The van der Waals surface area contributed by atoms with Crippen LogP contribution in [0, 0.1) is 5.82 Å². The third-order valence-corrected chi connectivity index (χ3v) is 9.42. The molecule has 0 unspecified atom stereocenters. The molecule has 1 N–H and O–H groups in total. The molecule has 0 amide bonds. The van der Waals surface area contributed by atoms with Crippen LogP contribution in [0.2, 0.25) is 5.02 Å². The molecule has 0 saturated heterocycles. The van der Waals surface area contributed by atoms with Crippen LogP contribution in [0.15, 0.2) is 53.6 Å². The molecule has 0 spiro atoms. The summed E-state index contributed by atoms with van der Waals surface area (Å²) in [5.74, 6) is 0.0327. The molecule has 0 aliphatic carbocycles. The second-order valence-electron chi connectivity index (χ2n) is 10.2. The highest BCUT2D eigenvalue weighted by Crippen LogP contribution is 2.42. The molecule has 2 aliphatic rings. The summed E-state index contributed by atoms with van der Waals surface area (Å²) in [6.07, 6.45) is 4.21. The maximum atomic E-state index is 14.6. The summed E-state index contributed by atoms with van der Waals surface area (Å²) in [5, 5.41) is 14.5. The first-order valence-corrected chi connectivity index (χ1v) is 15.5. The highest BCUT2D eigenvalue weighted by molar-refractivity contribution is 7.93. The van der Waals surface area contributed by atoms with Crippen LogP contribution < -0.4 is 13.8 Å². The third-order valence-electron chi connectivity index (χ3n) is 7.25. The fourth-order valence-corrected chi connectivity index (χ4v) is 7.48. The van der Waals surface area contributed by atoms with Crippen LogP contribution in [0.4, 0.5) is 10.1 Å². The monoisotopic (exact) mass is 601 g/mol. The van der Waals surface area contributed by atoms with E-state index in [2.05, 4.69) is 11.7 Å². The Labute approximate surface area is 244 Å². The van der Waals surface area contributed by atoms with Crippen LogP contribution in [-0.4, -0.2) is 42.6 Å². The second-order valence-corrected chi connectivity index (χ2v) is 12.4. The molecule has 2 aliphatic heterocycles. The van der Waals surface area contributed by atoms with Crippen LogP contribution >= 0.6 is 11.6 Å². The lowest BCUT2D eigenvalue weighted by atomic mass is 10.0. The van der Waals surface area contributed by atoms with Gasteiger partial charge in [-0.25, -0.2) is 12.8 Å². The molecule has 1 atom stereocenters. The first-order valence-electron chi connectivity index (χ1n) is 13.7. The number of rotatable bonds is 9. The molecule has 218 valence electrons. The quantitative estimate of drug-likeness (QED) is 0.215. The zero-order chi connectivity index (χ0) is 29.3. The van der Waals surface area contributed by atoms with Gasteiger partial charge in [-0.3, -0.25) is 8.99 Å². The Balaban J connectivity index is 1.61. The topological polar surface area (TPSA) is 93.9 Å². The third kappa shape index (κ3) is 5.81. The number of hydrogen-bond acceptors (Lipinski definition) is 6. The van der Waals surface area contributed by atoms with Gasteiger partial charge in [0.2, 0.25) is 0 Å². The summed E-state index contributed by atoms with van der Waals surface area (Å²) in [7, 11) is -4.15. The molecule has 1 aromatic heterocycles. The number of nitrogens with zero attached hydrogens (tertiary/aromatic N) is 3. The van der Waals surface area contributed by atoms with Crippen molar-refractivity contribution in [1.82, 2.24) is 9.78 Å². The number of fused-ring (bicyclic) bond motifs is 2. The van der Waals surface area contributed by atoms with E-state index in [1.54, 1.807) is 54.9 Å². The number of benzene rings is 2. The van der Waals surface area contributed by atoms with E-state index in [4.69, 9.17) is 21.1 Å². The van der Waals surface area contributed by atoms with Crippen molar-refractivity contribution in [3.05, 3.63) is 76.4 Å². The van der Waals surface area contributed by atoms with Gasteiger partial charge in [-0.2, -0.15) is 0 Å². The lowest BCUT2D eigenvalue weighted by Crippen LogP contribution is -2.44. The highest BCUT2D eigenvalue weighted by atomic mass is 35.5. The predicted molar refractivity (Wildman–Crippen MR) is 158 cm³/mol. The van der Waals surface area contributed by atoms with E-state index in [0.29, 0.717) is 47.7 Å². The fraction of sp³-hybridized carbons (Fsp3) is 0.367. The highest BCUT2D eigenvalue weighted by Gasteiger charge is 2.40. The van der Waals surface area contributed by atoms with Crippen LogP contribution in [0.25, 0.3) is 11.6 Å². The minimum absolute atomic E-state index is 0.000839. The Morgan fingerprint density at radius 2 is 2.12 bits per heavy atom. The van der Waals surface area contributed by atoms with Crippen molar-refractivity contribution >= 4 is 39.0 Å². The molecule has 5 rings (SSSR count). The summed E-state index contributed by atoms with van der Waals surface area (Å²) in [6, 6.07) is 9.71. The SMILES string of the molecule is C=C(O)CC[C@H]1CN(S(=O)(=O)c2c(OCC)nn3c2CCCC3)c2cc(/C=C(\C)c3c(F)cccc3Cl)ccc2O1. The molecule has 11 heteroatoms. The van der Waals surface area contributed by atoms with Crippen molar-refractivity contribution in [3.8, 4) is 11.6 Å². The number of aliphatic hydroxyl groups is 1. The Kier molecular flexibility index (Phi) is 8.33. The number of anilines is 1. The van der Waals surface area contributed by atoms with Crippen molar-refractivity contribution in [2.75, 3.05) is 17.5 Å². The molecule has 41 heavy (non-hydrogen) atoms. The molecule has 3 aromatic rings. The normalized spacial score (nSPS) is 17.0. The van der Waals surface area contributed by atoms with Gasteiger partial charge >= 0.3 is 0 Å². The van der Waals surface area contributed by atoms with Crippen molar-refractivity contribution < 1.29 is 27.4 Å². The first kappa shape index (κ1) is 29.0. The average Bonchev–Trinajstić information content (AvgIpc) is 3.30. The van der Waals surface area contributed by atoms with Gasteiger partial charge in [0.25, 0.3) is 15.9 Å². The van der Waals surface area contributed by atoms with Crippen LogP contribution in [0.5, 0.6) is 11.6 Å². The summed E-state index contributed by atoms with van der Waals surface area (Å²) >= 11 is 6.28. The minimum atomic E-state index is -4.15. The maximum Gasteiger partial charge on any atom is 0.271 e. The molecular weight excluding hydrogens is 569 g/mol. The number of halogens is 2. The molecule has 3 heterocycles. The predicted octanol–water partition coefficient (Wildman–Crippen LogP) is 6.78. The molecule has 0 radical (unpaired) electrons. The average molecular weight is 602 g/mol. The van der Waals surface area contributed by atoms with Gasteiger partial charge in [0, 0.05) is 18.5 Å². The second kappa shape index (κ2) is 11.8. The summed E-state index contributed by atoms with van der Waals surface area (Å²) < 4.78 is 58.6. The Morgan fingerprint density at radius 1 is 1.32 bits per heavy atom. The molecular formula is C30H33ClFN3O5S. The van der Waals surface area contributed by atoms with Crippen molar-refractivity contribution in [2.45, 2.75) is 63.5 Å². The first-order chi connectivity index (χ1) is 19.6. The smallest absolute Gasteiger partial charge is 0.271 e. The van der Waals surface area contributed by atoms with E-state index in [1.165, 1.54) is 10.4 Å². The number of hydrogen-bond donors (Lipinski definition) is 1. The maximum absolute atomic E-state index is 14.6. The summed E-state index contributed by atoms with van der Waals surface area (Å²) in [6.45, 7) is 8.00. The Morgan fingerprint density at radius 3 is 2.85 bits per heavy atom. The number of aliphatic hydroxyl groups excluding tert-OH is 1. The van der Waals surface area contributed by atoms with E-state index in [9.17, 15) is 17.9 Å². The standard InChI is InChI=1S/C30H33ClFN3O5S/c1-4-39-30-29(25-10-5-6-15-34(25)33-30)41(37,38)35-18-22(13-11-20(3)36)40-27-14-12-21(17-26(27)35)16-19(2)28-23(31)8-7-9-24(28)32/h7-9,12,14,16-17,22,36H,3-6,10-11,13,15,18H2,1-2H3/b19-16+/t22-/m0/s1. The van der Waals surface area contributed by atoms with Gasteiger partial charge < -0.3 is 14.6 Å². The lowest BCUT2D eigenvalue weighted by Gasteiger charge is -2.36. The number of allylic oxidation sites excluding steroid dienone is 2. The van der Waals surface area contributed by atoms with Gasteiger partial charge in [-0.15, -0.1) is 5.10 Å². The zero-order valence-corrected chi connectivity index (χ0v) is 24.6. The molecule has 0 fully saturated rings. The van der Waals surface area contributed by atoms with Gasteiger partial charge in [-0.1, -0.05) is 36.4 Å². The largest absolute Gasteiger partial charge is 0.513 e. The van der Waals surface area contributed by atoms with Crippen molar-refractivity contribution in [1.29, 1.82) is 0 Å². The Bertz CT molecular complexity index is 1600. The van der Waals surface area contributed by atoms with Crippen LogP contribution in [0.3, 0.4) is 0 Å². The summed E-state index contributed by atoms with van der Waals surface area (Å²) in [4.78, 5) is 0.0764. The summed E-state index contributed by atoms with van der Waals surface area (Å²) in [5.41, 5.74) is 2.50. The lowest BCUT2D eigenvalue weighted by molar-refractivity contribution is 0.184. The fourth-order valence-electron chi connectivity index (χ4n) is 5.36. The van der Waals surface area contributed by atoms with E-state index in [1.807, 2.05) is 0 Å². The molecule has 2 aromatic carbocycles. The zero-order valence-electron chi connectivity index (χ0n) is 23.1. The number of sulfonamides is 1. The molecule has 0 bridgehead atoms. The number of aryl methyl sites for hydroxylation is 1. The minimum Gasteiger partial charge on any atom is -0.513 e. The van der Waals surface area contributed by atoms with Crippen LogP contribution in [0.1, 0.15) is 56.4 Å². The van der Waals surface area contributed by atoms with Gasteiger partial charge in [0.15, 0.2) is 4.90 Å².